The quantitative estimate of drug-likeness (QED) is 0.506. The van der Waals surface area contributed by atoms with Gasteiger partial charge in [0.15, 0.2) is 0 Å². The van der Waals surface area contributed by atoms with Crippen molar-refractivity contribution in [1.29, 1.82) is 0 Å². The van der Waals surface area contributed by atoms with Crippen LogP contribution in [0.4, 0.5) is 0 Å². The van der Waals surface area contributed by atoms with Gasteiger partial charge in [0.05, 0.1) is 20.1 Å². The predicted octanol–water partition coefficient (Wildman–Crippen LogP) is 3.61. The highest BCUT2D eigenvalue weighted by Gasteiger charge is 2.52. The Morgan fingerprint density at radius 1 is 1.24 bits per heavy atom. The molecule has 1 heterocycles. The van der Waals surface area contributed by atoms with Gasteiger partial charge in [-0.2, -0.15) is 0 Å². The van der Waals surface area contributed by atoms with Crippen molar-refractivity contribution in [2.24, 2.45) is 17.3 Å². The van der Waals surface area contributed by atoms with Gasteiger partial charge < -0.3 is 4.48 Å². The van der Waals surface area contributed by atoms with Crippen LogP contribution in [0.2, 0.25) is 0 Å². The van der Waals surface area contributed by atoms with Gasteiger partial charge in [0.25, 0.3) is 0 Å². The number of piperidine rings is 1. The van der Waals surface area contributed by atoms with Crippen LogP contribution in [-0.4, -0.2) is 31.2 Å². The number of likely N-dealkylation sites (tertiary alicyclic amines) is 1. The summed E-state index contributed by atoms with van der Waals surface area (Å²) in [5.41, 5.74) is 2.42. The summed E-state index contributed by atoms with van der Waals surface area (Å²) in [6.07, 6.45) is 9.80. The molecular formula is C16H28N+. The van der Waals surface area contributed by atoms with Gasteiger partial charge in [-0.1, -0.05) is 19.9 Å². The zero-order valence-corrected chi connectivity index (χ0v) is 11.8. The third-order valence-electron chi connectivity index (χ3n) is 6.04. The first-order chi connectivity index (χ1) is 8.01. The van der Waals surface area contributed by atoms with E-state index in [1.54, 1.807) is 0 Å². The monoisotopic (exact) mass is 234 g/mol. The molecule has 2 atom stereocenters. The fourth-order valence-electron chi connectivity index (χ4n) is 4.53. The summed E-state index contributed by atoms with van der Waals surface area (Å²) in [4.78, 5) is 0. The van der Waals surface area contributed by atoms with E-state index in [1.165, 1.54) is 56.2 Å². The van der Waals surface area contributed by atoms with Crippen LogP contribution in [0.5, 0.6) is 0 Å². The summed E-state index contributed by atoms with van der Waals surface area (Å²) >= 11 is 0. The molecule has 1 saturated carbocycles. The fourth-order valence-corrected chi connectivity index (χ4v) is 4.53. The Labute approximate surface area is 106 Å². The largest absolute Gasteiger partial charge is 0.323 e. The first-order valence-electron chi connectivity index (χ1n) is 7.54. The lowest BCUT2D eigenvalue weighted by molar-refractivity contribution is -0.910. The minimum absolute atomic E-state index is 0.610. The molecular weight excluding hydrogens is 206 g/mol. The van der Waals surface area contributed by atoms with Gasteiger partial charge in [0.2, 0.25) is 0 Å². The van der Waals surface area contributed by atoms with E-state index in [0.29, 0.717) is 5.41 Å². The molecule has 0 amide bonds. The van der Waals surface area contributed by atoms with Crippen LogP contribution >= 0.6 is 0 Å². The van der Waals surface area contributed by atoms with Crippen molar-refractivity contribution in [2.45, 2.75) is 46.0 Å². The van der Waals surface area contributed by atoms with E-state index in [0.717, 1.165) is 11.8 Å². The molecule has 3 aliphatic carbocycles. The highest BCUT2D eigenvalue weighted by molar-refractivity contribution is 5.23. The van der Waals surface area contributed by atoms with Crippen molar-refractivity contribution in [1.82, 2.24) is 0 Å². The summed E-state index contributed by atoms with van der Waals surface area (Å²) in [6.45, 7) is 9.16. The van der Waals surface area contributed by atoms with Crippen molar-refractivity contribution in [3.8, 4) is 0 Å². The zero-order valence-electron chi connectivity index (χ0n) is 11.8. The molecule has 0 N–H and O–H groups in total. The lowest BCUT2D eigenvalue weighted by Gasteiger charge is -2.57. The minimum atomic E-state index is 0.610. The van der Waals surface area contributed by atoms with Gasteiger partial charge in [-0.3, -0.25) is 0 Å². The van der Waals surface area contributed by atoms with E-state index in [2.05, 4.69) is 27.0 Å². The Balaban J connectivity index is 1.71. The van der Waals surface area contributed by atoms with Gasteiger partial charge in [-0.05, 0) is 54.9 Å². The molecule has 96 valence electrons. The number of fused-ring (bicyclic) bond motifs is 1. The molecule has 1 saturated heterocycles. The maximum atomic E-state index is 2.60. The third kappa shape index (κ3) is 1.87. The first kappa shape index (κ1) is 11.8. The molecule has 4 aliphatic rings. The van der Waals surface area contributed by atoms with Crippen LogP contribution < -0.4 is 0 Å². The van der Waals surface area contributed by atoms with E-state index in [1.807, 2.05) is 5.57 Å². The van der Waals surface area contributed by atoms with Crippen molar-refractivity contribution in [3.05, 3.63) is 11.6 Å². The van der Waals surface area contributed by atoms with Crippen LogP contribution in [0.3, 0.4) is 0 Å². The van der Waals surface area contributed by atoms with Gasteiger partial charge in [0.1, 0.15) is 6.54 Å². The molecule has 1 heteroatoms. The molecule has 2 bridgehead atoms. The predicted molar refractivity (Wildman–Crippen MR) is 72.7 cm³/mol. The number of quaternary nitrogens is 1. The van der Waals surface area contributed by atoms with E-state index in [-0.39, 0.29) is 0 Å². The Hall–Kier alpha value is -0.300. The molecule has 0 spiro atoms. The van der Waals surface area contributed by atoms with Crippen LogP contribution in [0, 0.1) is 17.3 Å². The molecule has 17 heavy (non-hydrogen) atoms. The normalized spacial score (nSPS) is 38.2. The smallest absolute Gasteiger partial charge is 0.100 e. The van der Waals surface area contributed by atoms with Crippen molar-refractivity contribution in [2.75, 3.05) is 26.7 Å². The zero-order chi connectivity index (χ0) is 12.1. The molecule has 0 aromatic rings. The number of allylic oxidation sites excluding steroid dienone is 1. The summed E-state index contributed by atoms with van der Waals surface area (Å²) in [7, 11) is 2.48. The van der Waals surface area contributed by atoms with Crippen molar-refractivity contribution in [3.63, 3.8) is 0 Å². The summed E-state index contributed by atoms with van der Waals surface area (Å²) < 4.78 is 1.32. The lowest BCUT2D eigenvalue weighted by atomic mass is 9.49. The van der Waals surface area contributed by atoms with Crippen molar-refractivity contribution >= 4 is 0 Å². The van der Waals surface area contributed by atoms with Gasteiger partial charge >= 0.3 is 0 Å². The molecule has 0 radical (unpaired) electrons. The molecule has 0 unspecified atom stereocenters. The lowest BCUT2D eigenvalue weighted by Crippen LogP contribution is -2.54. The number of hydrogen-bond donors (Lipinski definition) is 0. The summed E-state index contributed by atoms with van der Waals surface area (Å²) in [5, 5.41) is 0. The molecule has 1 nitrogen and oxygen atoms in total. The maximum absolute atomic E-state index is 2.60. The van der Waals surface area contributed by atoms with Gasteiger partial charge in [-0.15, -0.1) is 0 Å². The molecule has 2 fully saturated rings. The topological polar surface area (TPSA) is 0 Å². The van der Waals surface area contributed by atoms with Crippen LogP contribution in [-0.2, 0) is 0 Å². The standard InChI is InChI=1S/C16H28N/c1-16(2)14-8-7-13(15(16)11-14)12-17(3)9-5-4-6-10-17/h7,14-15H,4-6,8-12H2,1-3H3/q+1/t14-,15-/m0/s1. The van der Waals surface area contributed by atoms with Gasteiger partial charge in [0, 0.05) is 0 Å². The molecule has 0 aromatic carbocycles. The third-order valence-corrected chi connectivity index (χ3v) is 6.04. The molecule has 4 rings (SSSR count). The Morgan fingerprint density at radius 3 is 2.53 bits per heavy atom. The van der Waals surface area contributed by atoms with Crippen LogP contribution in [0.25, 0.3) is 0 Å². The van der Waals surface area contributed by atoms with E-state index >= 15 is 0 Å². The second kappa shape index (κ2) is 3.85. The van der Waals surface area contributed by atoms with Gasteiger partial charge in [-0.25, -0.2) is 0 Å². The van der Waals surface area contributed by atoms with E-state index < -0.39 is 0 Å². The Kier molecular flexibility index (Phi) is 2.66. The number of nitrogens with zero attached hydrogens (tertiary/aromatic N) is 1. The molecule has 1 aliphatic heterocycles. The number of rotatable bonds is 2. The van der Waals surface area contributed by atoms with Crippen LogP contribution in [0.15, 0.2) is 11.6 Å². The summed E-state index contributed by atoms with van der Waals surface area (Å²) in [6, 6.07) is 0. The average molecular weight is 234 g/mol. The average Bonchev–Trinajstić information content (AvgIpc) is 2.29. The number of likely N-dealkylation sites (N-methyl/N-ethyl adjacent to an activating group) is 1. The van der Waals surface area contributed by atoms with Crippen molar-refractivity contribution < 1.29 is 4.48 Å². The highest BCUT2D eigenvalue weighted by atomic mass is 15.3. The fraction of sp³-hybridized carbons (Fsp3) is 0.875. The minimum Gasteiger partial charge on any atom is -0.323 e. The SMILES string of the molecule is CC1(C)[C@H]2CC=C(C[N+]3(C)CCCCC3)[C@@H]1C2. The van der Waals surface area contributed by atoms with Crippen LogP contribution in [0.1, 0.15) is 46.0 Å². The number of hydrogen-bond acceptors (Lipinski definition) is 0. The molecule has 0 aromatic heterocycles. The Bertz CT molecular complexity index is 333. The highest BCUT2D eigenvalue weighted by Crippen LogP contribution is 2.59. The second-order valence-electron chi connectivity index (χ2n) is 7.61. The maximum Gasteiger partial charge on any atom is 0.100 e. The summed E-state index contributed by atoms with van der Waals surface area (Å²) in [5.74, 6) is 1.90. The van der Waals surface area contributed by atoms with E-state index in [4.69, 9.17) is 0 Å². The first-order valence-corrected chi connectivity index (χ1v) is 7.54. The Morgan fingerprint density at radius 2 is 1.94 bits per heavy atom. The second-order valence-corrected chi connectivity index (χ2v) is 7.61. The van der Waals surface area contributed by atoms with E-state index in [9.17, 15) is 0 Å².